The molecular weight excluding hydrogens is 286 g/mol. The van der Waals surface area contributed by atoms with Crippen molar-refractivity contribution in [1.82, 2.24) is 24.0 Å². The third-order valence-corrected chi connectivity index (χ3v) is 3.97. The quantitative estimate of drug-likeness (QED) is 0.707. The maximum Gasteiger partial charge on any atom is 0.207 e. The first-order valence-corrected chi connectivity index (χ1v) is 7.28. The van der Waals surface area contributed by atoms with Crippen LogP contribution in [0.3, 0.4) is 0 Å². The van der Waals surface area contributed by atoms with Gasteiger partial charge in [-0.05, 0) is 17.7 Å². The van der Waals surface area contributed by atoms with E-state index < -0.39 is 0 Å². The molecule has 0 bridgehead atoms. The van der Waals surface area contributed by atoms with Crippen molar-refractivity contribution in [2.24, 2.45) is 0 Å². The molecule has 0 aliphatic heterocycles. The molecule has 6 nitrogen and oxygen atoms in total. The molecule has 1 aromatic carbocycles. The van der Waals surface area contributed by atoms with Crippen molar-refractivity contribution in [3.8, 4) is 11.5 Å². The number of hydrogen-bond donors (Lipinski definition) is 2. The SMILES string of the molecule is CC(C)(CNC=O)c1ccc2nc(-c3cnsn3)[nH]c2c1. The largest absolute Gasteiger partial charge is 0.358 e. The smallest absolute Gasteiger partial charge is 0.207 e. The number of carbonyl (C=O) groups is 1. The fourth-order valence-corrected chi connectivity index (χ4v) is 2.64. The second-order valence-corrected chi connectivity index (χ2v) is 6.05. The van der Waals surface area contributed by atoms with E-state index in [1.165, 1.54) is 0 Å². The molecular formula is C14H15N5OS. The Bertz CT molecular complexity index is 763. The molecule has 0 aliphatic carbocycles. The molecule has 108 valence electrons. The highest BCUT2D eigenvalue weighted by Crippen LogP contribution is 2.26. The summed E-state index contributed by atoms with van der Waals surface area (Å²) >= 11 is 1.16. The number of aromatic nitrogens is 4. The number of aromatic amines is 1. The number of amides is 1. The van der Waals surface area contributed by atoms with E-state index in [0.717, 1.165) is 46.3 Å². The highest BCUT2D eigenvalue weighted by atomic mass is 32.1. The second kappa shape index (κ2) is 5.25. The van der Waals surface area contributed by atoms with Crippen molar-refractivity contribution in [2.45, 2.75) is 19.3 Å². The average Bonchev–Trinajstić information content (AvgIpc) is 3.12. The third kappa shape index (κ3) is 2.64. The van der Waals surface area contributed by atoms with Crippen LogP contribution >= 0.6 is 11.7 Å². The summed E-state index contributed by atoms with van der Waals surface area (Å²) in [5.74, 6) is 0.722. The van der Waals surface area contributed by atoms with Gasteiger partial charge in [-0.25, -0.2) is 4.98 Å². The highest BCUT2D eigenvalue weighted by Gasteiger charge is 2.21. The number of nitrogens with one attached hydrogen (secondary N) is 2. The summed E-state index contributed by atoms with van der Waals surface area (Å²) in [5, 5.41) is 2.74. The first-order chi connectivity index (χ1) is 10.1. The van der Waals surface area contributed by atoms with Gasteiger partial charge in [-0.1, -0.05) is 19.9 Å². The fraction of sp³-hybridized carbons (Fsp3) is 0.286. The molecule has 3 aromatic rings. The maximum atomic E-state index is 10.5. The van der Waals surface area contributed by atoms with Gasteiger partial charge in [0.1, 0.15) is 5.69 Å². The summed E-state index contributed by atoms with van der Waals surface area (Å²) in [6, 6.07) is 6.09. The summed E-state index contributed by atoms with van der Waals surface area (Å²) in [5.41, 5.74) is 3.58. The second-order valence-electron chi connectivity index (χ2n) is 5.49. The fourth-order valence-electron chi connectivity index (χ4n) is 2.22. The van der Waals surface area contributed by atoms with Gasteiger partial charge in [0.15, 0.2) is 5.82 Å². The Labute approximate surface area is 125 Å². The van der Waals surface area contributed by atoms with Gasteiger partial charge in [0.2, 0.25) is 6.41 Å². The van der Waals surface area contributed by atoms with E-state index in [-0.39, 0.29) is 5.41 Å². The molecule has 0 unspecified atom stereocenters. The molecule has 3 rings (SSSR count). The number of carbonyl (C=O) groups excluding carboxylic acids is 1. The first kappa shape index (κ1) is 13.7. The topological polar surface area (TPSA) is 83.6 Å². The van der Waals surface area contributed by atoms with Crippen molar-refractivity contribution in [2.75, 3.05) is 6.54 Å². The molecule has 0 spiro atoms. The maximum absolute atomic E-state index is 10.5. The van der Waals surface area contributed by atoms with Gasteiger partial charge in [-0.15, -0.1) is 0 Å². The summed E-state index contributed by atoms with van der Waals surface area (Å²) in [6.07, 6.45) is 2.42. The predicted molar refractivity (Wildman–Crippen MR) is 82.1 cm³/mol. The summed E-state index contributed by atoms with van der Waals surface area (Å²) in [6.45, 7) is 4.76. The van der Waals surface area contributed by atoms with Crippen LogP contribution < -0.4 is 5.32 Å². The van der Waals surface area contributed by atoms with Crippen molar-refractivity contribution in [3.05, 3.63) is 30.0 Å². The van der Waals surface area contributed by atoms with E-state index in [1.54, 1.807) is 6.20 Å². The number of benzene rings is 1. The number of fused-ring (bicyclic) bond motifs is 1. The molecule has 0 radical (unpaired) electrons. The Hall–Kier alpha value is -2.28. The Morgan fingerprint density at radius 1 is 1.43 bits per heavy atom. The van der Waals surface area contributed by atoms with E-state index in [4.69, 9.17) is 0 Å². The van der Waals surface area contributed by atoms with Crippen LogP contribution in [0.25, 0.3) is 22.6 Å². The molecule has 7 heteroatoms. The van der Waals surface area contributed by atoms with E-state index in [9.17, 15) is 4.79 Å². The van der Waals surface area contributed by atoms with Crippen molar-refractivity contribution >= 4 is 29.2 Å². The lowest BCUT2D eigenvalue weighted by atomic mass is 9.84. The zero-order chi connectivity index (χ0) is 14.9. The molecule has 0 atom stereocenters. The lowest BCUT2D eigenvalue weighted by molar-refractivity contribution is -0.109. The van der Waals surface area contributed by atoms with Crippen LogP contribution in [-0.4, -0.2) is 31.7 Å². The van der Waals surface area contributed by atoms with E-state index in [0.29, 0.717) is 6.54 Å². The highest BCUT2D eigenvalue weighted by molar-refractivity contribution is 6.99. The van der Waals surface area contributed by atoms with Crippen molar-refractivity contribution < 1.29 is 4.79 Å². The van der Waals surface area contributed by atoms with Crippen LogP contribution in [0.4, 0.5) is 0 Å². The lowest BCUT2D eigenvalue weighted by Gasteiger charge is -2.24. The van der Waals surface area contributed by atoms with Crippen molar-refractivity contribution in [3.63, 3.8) is 0 Å². The molecule has 2 heterocycles. The summed E-state index contributed by atoms with van der Waals surface area (Å²) in [7, 11) is 0. The Morgan fingerprint density at radius 2 is 2.29 bits per heavy atom. The van der Waals surface area contributed by atoms with Crippen LogP contribution in [0.5, 0.6) is 0 Å². The van der Waals surface area contributed by atoms with E-state index in [1.807, 2.05) is 12.1 Å². The minimum absolute atomic E-state index is 0.150. The molecule has 0 saturated carbocycles. The minimum atomic E-state index is -0.150. The van der Waals surface area contributed by atoms with Crippen LogP contribution in [0.1, 0.15) is 19.4 Å². The van der Waals surface area contributed by atoms with E-state index in [2.05, 4.69) is 43.9 Å². The van der Waals surface area contributed by atoms with Gasteiger partial charge in [0.25, 0.3) is 0 Å². The molecule has 2 aromatic heterocycles. The zero-order valence-electron chi connectivity index (χ0n) is 11.8. The number of H-pyrrole nitrogens is 1. The van der Waals surface area contributed by atoms with E-state index >= 15 is 0 Å². The monoisotopic (exact) mass is 301 g/mol. The third-order valence-electron chi connectivity index (χ3n) is 3.49. The number of imidazole rings is 1. The molecule has 2 N–H and O–H groups in total. The number of nitrogens with zero attached hydrogens (tertiary/aromatic N) is 3. The minimum Gasteiger partial charge on any atom is -0.358 e. The number of rotatable bonds is 5. The van der Waals surface area contributed by atoms with Gasteiger partial charge >= 0.3 is 0 Å². The molecule has 1 amide bonds. The summed E-state index contributed by atoms with van der Waals surface area (Å²) in [4.78, 5) is 18.3. The molecule has 21 heavy (non-hydrogen) atoms. The Balaban J connectivity index is 1.98. The van der Waals surface area contributed by atoms with Gasteiger partial charge in [-0.3, -0.25) is 4.79 Å². The Morgan fingerprint density at radius 3 is 3.00 bits per heavy atom. The van der Waals surface area contributed by atoms with Crippen LogP contribution in [0.2, 0.25) is 0 Å². The van der Waals surface area contributed by atoms with Gasteiger partial charge in [0.05, 0.1) is 29.0 Å². The molecule has 0 aliphatic rings. The molecule has 0 fully saturated rings. The Kier molecular flexibility index (Phi) is 3.42. The summed E-state index contributed by atoms with van der Waals surface area (Å²) < 4.78 is 8.17. The van der Waals surface area contributed by atoms with Gasteiger partial charge < -0.3 is 10.3 Å². The van der Waals surface area contributed by atoms with Crippen LogP contribution in [0.15, 0.2) is 24.4 Å². The van der Waals surface area contributed by atoms with Crippen LogP contribution in [0, 0.1) is 0 Å². The van der Waals surface area contributed by atoms with Crippen LogP contribution in [-0.2, 0) is 10.2 Å². The predicted octanol–water partition coefficient (Wildman–Crippen LogP) is 2.10. The number of hydrogen-bond acceptors (Lipinski definition) is 5. The average molecular weight is 301 g/mol. The normalized spacial score (nSPS) is 11.7. The lowest BCUT2D eigenvalue weighted by Crippen LogP contribution is -2.32. The van der Waals surface area contributed by atoms with Crippen molar-refractivity contribution in [1.29, 1.82) is 0 Å². The van der Waals surface area contributed by atoms with Gasteiger partial charge in [-0.2, -0.15) is 8.75 Å². The molecule has 0 saturated heterocycles. The first-order valence-electron chi connectivity index (χ1n) is 6.55. The zero-order valence-corrected chi connectivity index (χ0v) is 12.6. The standard InChI is InChI=1S/C14H15N5OS/c1-14(2,7-15-8-20)9-3-4-10-11(5-9)18-13(17-10)12-6-16-21-19-12/h3-6,8H,7H2,1-2H3,(H,15,20)(H,17,18). The van der Waals surface area contributed by atoms with Gasteiger partial charge in [0, 0.05) is 12.0 Å².